The van der Waals surface area contributed by atoms with Crippen molar-refractivity contribution in [1.29, 1.82) is 0 Å². The summed E-state index contributed by atoms with van der Waals surface area (Å²) in [6.07, 6.45) is 1.83. The number of nitrogens with zero attached hydrogens (tertiary/aromatic N) is 1. The second kappa shape index (κ2) is 7.69. The summed E-state index contributed by atoms with van der Waals surface area (Å²) in [7, 11) is 1.67. The normalized spacial score (nSPS) is 10.3. The maximum absolute atomic E-state index is 9.29. The van der Waals surface area contributed by atoms with Gasteiger partial charge in [0, 0.05) is 23.1 Å². The minimum atomic E-state index is 0.0352. The van der Waals surface area contributed by atoms with E-state index in [4.69, 9.17) is 4.74 Å². The third-order valence-electron chi connectivity index (χ3n) is 4.08. The third-order valence-corrected chi connectivity index (χ3v) is 4.08. The van der Waals surface area contributed by atoms with Crippen molar-refractivity contribution in [2.75, 3.05) is 12.0 Å². The molecule has 0 radical (unpaired) electrons. The third kappa shape index (κ3) is 3.73. The summed E-state index contributed by atoms with van der Waals surface area (Å²) < 4.78 is 5.38. The Bertz CT molecular complexity index is 839. The molecule has 126 valence electrons. The lowest BCUT2D eigenvalue weighted by molar-refractivity contribution is 0.282. The highest BCUT2D eigenvalue weighted by atomic mass is 16.5. The number of aliphatic hydroxyl groups excluding tert-OH is 1. The highest BCUT2D eigenvalue weighted by Crippen LogP contribution is 2.36. The Morgan fingerprint density at radius 3 is 2.12 bits per heavy atom. The largest absolute Gasteiger partial charge is 0.497 e. The molecule has 0 unspecified atom stereocenters. The zero-order valence-corrected chi connectivity index (χ0v) is 14.2. The van der Waals surface area contributed by atoms with Crippen LogP contribution in [0.4, 0.5) is 17.1 Å². The maximum Gasteiger partial charge on any atom is 0.120 e. The summed E-state index contributed by atoms with van der Waals surface area (Å²) >= 11 is 0. The number of rotatable bonds is 6. The number of ether oxygens (including phenoxy) is 1. The lowest BCUT2D eigenvalue weighted by Gasteiger charge is -2.26. The molecule has 0 aliphatic rings. The van der Waals surface area contributed by atoms with Gasteiger partial charge in [0.2, 0.25) is 0 Å². The molecule has 1 N–H and O–H groups in total. The van der Waals surface area contributed by atoms with E-state index < -0.39 is 0 Å². The van der Waals surface area contributed by atoms with Crippen LogP contribution < -0.4 is 9.64 Å². The van der Waals surface area contributed by atoms with Crippen LogP contribution in [0.1, 0.15) is 11.1 Å². The first-order chi connectivity index (χ1) is 12.2. The van der Waals surface area contributed by atoms with Crippen LogP contribution in [0.3, 0.4) is 0 Å². The van der Waals surface area contributed by atoms with Gasteiger partial charge < -0.3 is 14.7 Å². The van der Waals surface area contributed by atoms with Crippen LogP contribution in [-0.4, -0.2) is 12.2 Å². The Balaban J connectivity index is 2.09. The molecule has 0 bridgehead atoms. The minimum absolute atomic E-state index is 0.0352. The fourth-order valence-electron chi connectivity index (χ4n) is 2.71. The molecule has 0 atom stereocenters. The fourth-order valence-corrected chi connectivity index (χ4v) is 2.71. The molecule has 0 saturated heterocycles. The zero-order valence-electron chi connectivity index (χ0n) is 14.2. The van der Waals surface area contributed by atoms with E-state index in [1.165, 1.54) is 0 Å². The van der Waals surface area contributed by atoms with Crippen molar-refractivity contribution in [2.24, 2.45) is 0 Å². The molecule has 0 saturated carbocycles. The van der Waals surface area contributed by atoms with Gasteiger partial charge in [0.1, 0.15) is 5.75 Å². The first-order valence-electron chi connectivity index (χ1n) is 8.11. The average Bonchev–Trinajstić information content (AvgIpc) is 2.69. The van der Waals surface area contributed by atoms with Crippen molar-refractivity contribution in [3.63, 3.8) is 0 Å². The molecular formula is C22H21NO2. The molecule has 0 heterocycles. The molecule has 3 nitrogen and oxygen atoms in total. The van der Waals surface area contributed by atoms with Crippen LogP contribution in [0, 0.1) is 0 Å². The number of aliphatic hydroxyl groups is 1. The van der Waals surface area contributed by atoms with Gasteiger partial charge in [-0.05, 0) is 47.5 Å². The van der Waals surface area contributed by atoms with Crippen molar-refractivity contribution in [3.05, 3.63) is 90.5 Å². The highest BCUT2D eigenvalue weighted by molar-refractivity contribution is 5.77. The first kappa shape index (κ1) is 16.8. The zero-order chi connectivity index (χ0) is 17.6. The Hall–Kier alpha value is -3.04. The molecule has 3 heteroatoms. The Kier molecular flexibility index (Phi) is 5.17. The molecule has 0 amide bonds. The Labute approximate surface area is 148 Å². The smallest absolute Gasteiger partial charge is 0.120 e. The summed E-state index contributed by atoms with van der Waals surface area (Å²) in [6, 6.07) is 24.0. The van der Waals surface area contributed by atoms with Crippen molar-refractivity contribution in [2.45, 2.75) is 6.61 Å². The van der Waals surface area contributed by atoms with Crippen LogP contribution in [0.2, 0.25) is 0 Å². The lowest BCUT2D eigenvalue weighted by Crippen LogP contribution is -2.10. The average molecular weight is 331 g/mol. The van der Waals surface area contributed by atoms with Crippen LogP contribution in [0.15, 0.2) is 79.4 Å². The molecule has 0 aromatic heterocycles. The van der Waals surface area contributed by atoms with E-state index in [0.717, 1.165) is 33.9 Å². The molecule has 3 aromatic carbocycles. The van der Waals surface area contributed by atoms with Gasteiger partial charge in [-0.1, -0.05) is 43.0 Å². The Morgan fingerprint density at radius 1 is 0.920 bits per heavy atom. The number of benzene rings is 3. The molecule has 3 aromatic rings. The monoisotopic (exact) mass is 331 g/mol. The molecular weight excluding hydrogens is 310 g/mol. The number of anilines is 3. The summed E-state index contributed by atoms with van der Waals surface area (Å²) in [5.74, 6) is 0.803. The summed E-state index contributed by atoms with van der Waals surface area (Å²) in [5, 5.41) is 9.29. The second-order valence-electron chi connectivity index (χ2n) is 5.66. The van der Waals surface area contributed by atoms with Gasteiger partial charge in [0.05, 0.1) is 13.7 Å². The molecule has 3 rings (SSSR count). The fraction of sp³-hybridized carbons (Fsp3) is 0.0909. The predicted molar refractivity (Wildman–Crippen MR) is 104 cm³/mol. The quantitative estimate of drug-likeness (QED) is 0.665. The van der Waals surface area contributed by atoms with Gasteiger partial charge in [0.15, 0.2) is 0 Å². The number of hydrogen-bond donors (Lipinski definition) is 1. The molecule has 0 aliphatic carbocycles. The van der Waals surface area contributed by atoms with Crippen molar-refractivity contribution in [1.82, 2.24) is 0 Å². The lowest BCUT2D eigenvalue weighted by atomic mass is 10.1. The van der Waals surface area contributed by atoms with E-state index in [1.54, 1.807) is 7.11 Å². The SMILES string of the molecule is C=Cc1ccc(N(c2ccc(CO)cc2)c2cccc(OC)c2)cc1. The van der Waals surface area contributed by atoms with Crippen LogP contribution in [0.5, 0.6) is 5.75 Å². The van der Waals surface area contributed by atoms with Gasteiger partial charge in [-0.25, -0.2) is 0 Å². The van der Waals surface area contributed by atoms with E-state index in [1.807, 2.05) is 66.7 Å². The summed E-state index contributed by atoms with van der Waals surface area (Å²) in [4.78, 5) is 2.15. The predicted octanol–water partition coefficient (Wildman–Crippen LogP) is 5.30. The van der Waals surface area contributed by atoms with Crippen molar-refractivity contribution < 1.29 is 9.84 Å². The van der Waals surface area contributed by atoms with Gasteiger partial charge in [-0.3, -0.25) is 0 Å². The van der Waals surface area contributed by atoms with E-state index in [9.17, 15) is 5.11 Å². The molecule has 0 fully saturated rings. The molecule has 0 spiro atoms. The van der Waals surface area contributed by atoms with E-state index in [-0.39, 0.29) is 6.61 Å². The number of methoxy groups -OCH3 is 1. The van der Waals surface area contributed by atoms with Gasteiger partial charge in [-0.2, -0.15) is 0 Å². The van der Waals surface area contributed by atoms with Crippen molar-refractivity contribution in [3.8, 4) is 5.75 Å². The topological polar surface area (TPSA) is 32.7 Å². The van der Waals surface area contributed by atoms with Crippen LogP contribution in [0.25, 0.3) is 6.08 Å². The van der Waals surface area contributed by atoms with E-state index in [0.29, 0.717) is 0 Å². The minimum Gasteiger partial charge on any atom is -0.497 e. The molecule has 0 aliphatic heterocycles. The Morgan fingerprint density at radius 2 is 1.56 bits per heavy atom. The maximum atomic E-state index is 9.29. The van der Waals surface area contributed by atoms with E-state index >= 15 is 0 Å². The summed E-state index contributed by atoms with van der Waals surface area (Å²) in [5.41, 5.74) is 5.01. The highest BCUT2D eigenvalue weighted by Gasteiger charge is 2.13. The van der Waals surface area contributed by atoms with Crippen molar-refractivity contribution >= 4 is 23.1 Å². The van der Waals surface area contributed by atoms with Crippen LogP contribution in [-0.2, 0) is 6.61 Å². The first-order valence-corrected chi connectivity index (χ1v) is 8.11. The van der Waals surface area contributed by atoms with Gasteiger partial charge in [0.25, 0.3) is 0 Å². The molecule has 25 heavy (non-hydrogen) atoms. The van der Waals surface area contributed by atoms with Crippen LogP contribution >= 0.6 is 0 Å². The number of hydrogen-bond acceptors (Lipinski definition) is 3. The second-order valence-corrected chi connectivity index (χ2v) is 5.66. The van der Waals surface area contributed by atoms with Gasteiger partial charge >= 0.3 is 0 Å². The van der Waals surface area contributed by atoms with Gasteiger partial charge in [-0.15, -0.1) is 0 Å². The van der Waals surface area contributed by atoms with E-state index in [2.05, 4.69) is 23.6 Å². The standard InChI is InChI=1S/C22H21NO2/c1-3-17-7-11-19(12-8-17)23(20-13-9-18(16-24)10-14-20)21-5-4-6-22(15-21)25-2/h3-15,24H,1,16H2,2H3. The summed E-state index contributed by atoms with van der Waals surface area (Å²) in [6.45, 7) is 3.84.